The lowest BCUT2D eigenvalue weighted by Gasteiger charge is -2.19. The van der Waals surface area contributed by atoms with Gasteiger partial charge in [-0.2, -0.15) is 0 Å². The minimum absolute atomic E-state index is 0.0436. The topological polar surface area (TPSA) is 112 Å². The van der Waals surface area contributed by atoms with E-state index >= 15 is 0 Å². The van der Waals surface area contributed by atoms with Gasteiger partial charge in [-0.15, -0.1) is 0 Å². The number of phenolic OH excluding ortho intramolecular Hbond substituents is 2. The molecule has 1 atom stereocenters. The Labute approximate surface area is 214 Å². The third-order valence-electron chi connectivity index (χ3n) is 5.62. The van der Waals surface area contributed by atoms with Crippen LogP contribution in [0.15, 0.2) is 12.1 Å². The number of carbonyl (C=O) groups is 2. The van der Waals surface area contributed by atoms with E-state index in [1.54, 1.807) is 0 Å². The Morgan fingerprint density at radius 3 is 2.31 bits per heavy atom. The first-order valence-corrected chi connectivity index (χ1v) is 11.9. The van der Waals surface area contributed by atoms with Crippen molar-refractivity contribution in [3.05, 3.63) is 38.9 Å². The molecule has 2 aromatic carbocycles. The molecule has 0 saturated carbocycles. The molecule has 8 nitrogen and oxygen atoms in total. The molecule has 0 radical (unpaired) electrons. The van der Waals surface area contributed by atoms with Crippen LogP contribution >= 0.6 is 23.2 Å². The van der Waals surface area contributed by atoms with Crippen molar-refractivity contribution in [3.63, 3.8) is 0 Å². The first-order chi connectivity index (χ1) is 16.6. The number of halogens is 2. The van der Waals surface area contributed by atoms with Crippen LogP contribution in [0.25, 0.3) is 0 Å². The van der Waals surface area contributed by atoms with Gasteiger partial charge in [0.2, 0.25) is 0 Å². The van der Waals surface area contributed by atoms with Gasteiger partial charge >= 0.3 is 11.9 Å². The minimum Gasteiger partial charge on any atom is -0.508 e. The molecule has 2 rings (SSSR count). The van der Waals surface area contributed by atoms with Crippen LogP contribution in [-0.4, -0.2) is 43.0 Å². The van der Waals surface area contributed by atoms with Crippen molar-refractivity contribution in [3.8, 4) is 28.7 Å². The van der Waals surface area contributed by atoms with Gasteiger partial charge in [0.25, 0.3) is 0 Å². The average molecular weight is 529 g/mol. The fraction of sp³-hybridized carbons (Fsp3) is 0.440. The van der Waals surface area contributed by atoms with Gasteiger partial charge in [0.05, 0.1) is 30.9 Å². The molecule has 0 spiro atoms. The van der Waals surface area contributed by atoms with Crippen LogP contribution in [-0.2, 0) is 9.47 Å². The average Bonchev–Trinajstić information content (AvgIpc) is 2.85. The zero-order valence-corrected chi connectivity index (χ0v) is 21.9. The van der Waals surface area contributed by atoms with Gasteiger partial charge in [-0.1, -0.05) is 49.9 Å². The zero-order chi connectivity index (χ0) is 26.3. The van der Waals surface area contributed by atoms with Crippen LogP contribution < -0.4 is 9.47 Å². The monoisotopic (exact) mass is 528 g/mol. The molecule has 0 amide bonds. The Bertz CT molecular complexity index is 1080. The van der Waals surface area contributed by atoms with Crippen molar-refractivity contribution in [1.82, 2.24) is 0 Å². The van der Waals surface area contributed by atoms with E-state index in [1.165, 1.54) is 20.1 Å². The number of rotatable bonds is 11. The van der Waals surface area contributed by atoms with E-state index in [9.17, 15) is 19.8 Å². The van der Waals surface area contributed by atoms with Crippen molar-refractivity contribution in [2.24, 2.45) is 5.92 Å². The second-order valence-corrected chi connectivity index (χ2v) is 8.83. The smallest absolute Gasteiger partial charge is 0.345 e. The number of carbonyl (C=O) groups excluding carboxylic acids is 2. The summed E-state index contributed by atoms with van der Waals surface area (Å²) in [6.07, 6.45) is 3.59. The molecule has 2 N–H and O–H groups in total. The van der Waals surface area contributed by atoms with Gasteiger partial charge in [0.15, 0.2) is 23.0 Å². The number of unbranched alkanes of at least 4 members (excludes halogenated alkanes) is 1. The van der Waals surface area contributed by atoms with Gasteiger partial charge in [-0.3, -0.25) is 0 Å². The van der Waals surface area contributed by atoms with E-state index in [2.05, 4.69) is 13.8 Å². The van der Waals surface area contributed by atoms with E-state index in [0.717, 1.165) is 32.4 Å². The first-order valence-electron chi connectivity index (χ1n) is 11.1. The van der Waals surface area contributed by atoms with Crippen LogP contribution in [0.5, 0.6) is 28.7 Å². The molecule has 192 valence electrons. The fourth-order valence-electron chi connectivity index (χ4n) is 3.30. The second kappa shape index (κ2) is 12.7. The maximum Gasteiger partial charge on any atom is 0.345 e. The Kier molecular flexibility index (Phi) is 10.3. The predicted octanol–water partition coefficient (Wildman–Crippen LogP) is 6.67. The molecule has 0 bridgehead atoms. The first kappa shape index (κ1) is 28.4. The molecular formula is C25H30Cl2O8. The highest BCUT2D eigenvalue weighted by Gasteiger charge is 2.30. The summed E-state index contributed by atoms with van der Waals surface area (Å²) in [6, 6.07) is 2.31. The standard InChI is InChI=1S/C25H30Cl2O8/c1-6-13(2)9-7-8-10-34-25(31)18-21(29)19(26)14(3)20(27)23(18)35-22-16(24(30)33-5)11-15(28)12-17(22)32-4/h11-13,28-29H,6-10H2,1-5H3. The fourth-order valence-corrected chi connectivity index (χ4v) is 3.77. The van der Waals surface area contributed by atoms with Gasteiger partial charge in [-0.25, -0.2) is 9.59 Å². The molecule has 0 aliphatic rings. The lowest BCUT2D eigenvalue weighted by atomic mass is 10.0. The molecule has 10 heteroatoms. The number of hydrogen-bond donors (Lipinski definition) is 2. The molecule has 0 aliphatic heterocycles. The van der Waals surface area contributed by atoms with Gasteiger partial charge in [-0.05, 0) is 37.3 Å². The number of hydrogen-bond acceptors (Lipinski definition) is 8. The van der Waals surface area contributed by atoms with Gasteiger partial charge in [0.1, 0.15) is 16.9 Å². The summed E-state index contributed by atoms with van der Waals surface area (Å²) in [6.45, 7) is 5.92. The molecule has 0 aromatic heterocycles. The van der Waals surface area contributed by atoms with E-state index in [4.69, 9.17) is 42.1 Å². The summed E-state index contributed by atoms with van der Waals surface area (Å²) in [5.41, 5.74) is -0.362. The molecule has 0 saturated heterocycles. The molecule has 1 unspecified atom stereocenters. The van der Waals surface area contributed by atoms with Crippen molar-refractivity contribution < 1.29 is 38.7 Å². The molecule has 0 aliphatic carbocycles. The summed E-state index contributed by atoms with van der Waals surface area (Å²) in [5.74, 6) is -2.55. The lowest BCUT2D eigenvalue weighted by molar-refractivity contribution is 0.0490. The Morgan fingerprint density at radius 1 is 1.03 bits per heavy atom. The van der Waals surface area contributed by atoms with E-state index in [1.807, 2.05) is 0 Å². The highest BCUT2D eigenvalue weighted by molar-refractivity contribution is 6.38. The van der Waals surface area contributed by atoms with Crippen LogP contribution in [0.3, 0.4) is 0 Å². The molecule has 0 fully saturated rings. The summed E-state index contributed by atoms with van der Waals surface area (Å²) >= 11 is 12.7. The third kappa shape index (κ3) is 6.64. The number of methoxy groups -OCH3 is 2. The highest BCUT2D eigenvalue weighted by atomic mass is 35.5. The van der Waals surface area contributed by atoms with Crippen LogP contribution in [0, 0.1) is 12.8 Å². The molecular weight excluding hydrogens is 499 g/mol. The normalized spacial score (nSPS) is 11.6. The maximum absolute atomic E-state index is 13.0. The van der Waals surface area contributed by atoms with Gasteiger partial charge in [0, 0.05) is 6.07 Å². The van der Waals surface area contributed by atoms with E-state index in [0.29, 0.717) is 12.3 Å². The molecule has 35 heavy (non-hydrogen) atoms. The summed E-state index contributed by atoms with van der Waals surface area (Å²) in [4.78, 5) is 25.3. The number of ether oxygens (including phenoxy) is 4. The maximum atomic E-state index is 13.0. The Hall–Kier alpha value is -2.84. The van der Waals surface area contributed by atoms with Crippen molar-refractivity contribution >= 4 is 35.1 Å². The van der Waals surface area contributed by atoms with Crippen LogP contribution in [0.4, 0.5) is 0 Å². The van der Waals surface area contributed by atoms with Crippen molar-refractivity contribution in [1.29, 1.82) is 0 Å². The largest absolute Gasteiger partial charge is 0.508 e. The number of esters is 2. The number of benzene rings is 2. The quantitative estimate of drug-likeness (QED) is 0.245. The predicted molar refractivity (Wildman–Crippen MR) is 133 cm³/mol. The van der Waals surface area contributed by atoms with Gasteiger partial charge < -0.3 is 29.2 Å². The SMILES string of the molecule is CCC(C)CCCCOC(=O)c1c(O)c(Cl)c(C)c(Cl)c1Oc1c(OC)cc(O)cc1C(=O)OC. The molecule has 2 aromatic rings. The van der Waals surface area contributed by atoms with Crippen molar-refractivity contribution in [2.45, 2.75) is 46.5 Å². The summed E-state index contributed by atoms with van der Waals surface area (Å²) in [7, 11) is 2.45. The summed E-state index contributed by atoms with van der Waals surface area (Å²) in [5, 5.41) is 20.4. The van der Waals surface area contributed by atoms with Crippen LogP contribution in [0.2, 0.25) is 10.0 Å². The van der Waals surface area contributed by atoms with Crippen molar-refractivity contribution in [2.75, 3.05) is 20.8 Å². The highest BCUT2D eigenvalue weighted by Crippen LogP contribution is 2.48. The Morgan fingerprint density at radius 2 is 1.71 bits per heavy atom. The summed E-state index contributed by atoms with van der Waals surface area (Å²) < 4.78 is 21.3. The Balaban J connectivity index is 2.49. The number of aromatic hydroxyl groups is 2. The molecule has 0 heterocycles. The van der Waals surface area contributed by atoms with E-state index in [-0.39, 0.29) is 50.8 Å². The zero-order valence-electron chi connectivity index (χ0n) is 20.4. The third-order valence-corrected chi connectivity index (χ3v) is 6.54. The minimum atomic E-state index is -0.901. The number of phenols is 2. The van der Waals surface area contributed by atoms with E-state index < -0.39 is 23.3 Å². The van der Waals surface area contributed by atoms with Crippen LogP contribution in [0.1, 0.15) is 65.8 Å². The lowest BCUT2D eigenvalue weighted by Crippen LogP contribution is -2.11. The second-order valence-electron chi connectivity index (χ2n) is 8.07.